The maximum absolute atomic E-state index is 12.6. The maximum Gasteiger partial charge on any atom is 0.254 e. The van der Waals surface area contributed by atoms with Crippen LogP contribution in [-0.4, -0.2) is 50.5 Å². The Morgan fingerprint density at radius 1 is 1.38 bits per heavy atom. The van der Waals surface area contributed by atoms with E-state index in [2.05, 4.69) is 19.9 Å². The van der Waals surface area contributed by atoms with Crippen LogP contribution in [0.15, 0.2) is 23.4 Å². The van der Waals surface area contributed by atoms with Crippen LogP contribution in [0.25, 0.3) is 11.5 Å². The highest BCUT2D eigenvalue weighted by molar-refractivity contribution is 5.79. The number of hydrogen-bond acceptors (Lipinski definition) is 6. The molecular weight excluding hydrogens is 310 g/mol. The number of H-pyrrole nitrogens is 1. The molecule has 0 bridgehead atoms. The van der Waals surface area contributed by atoms with E-state index in [4.69, 9.17) is 4.74 Å². The van der Waals surface area contributed by atoms with Gasteiger partial charge in [-0.15, -0.1) is 0 Å². The molecule has 2 aromatic rings. The SMILES string of the molecule is O=C([C@H]1CCOC1)N1CCc2c(nc(-c3cnccn3)[nH]c2=O)C1. The largest absolute Gasteiger partial charge is 0.381 e. The Morgan fingerprint density at radius 2 is 2.29 bits per heavy atom. The lowest BCUT2D eigenvalue weighted by molar-refractivity contribution is -0.136. The number of rotatable bonds is 2. The molecule has 0 aliphatic carbocycles. The molecule has 1 saturated heterocycles. The Kier molecular flexibility index (Phi) is 3.81. The molecule has 0 unspecified atom stereocenters. The first-order valence-electron chi connectivity index (χ1n) is 7.97. The zero-order valence-electron chi connectivity index (χ0n) is 13.1. The molecule has 2 aliphatic rings. The van der Waals surface area contributed by atoms with Crippen molar-refractivity contribution in [2.75, 3.05) is 19.8 Å². The molecule has 8 nitrogen and oxygen atoms in total. The molecule has 0 spiro atoms. The number of amides is 1. The van der Waals surface area contributed by atoms with E-state index in [0.29, 0.717) is 55.5 Å². The van der Waals surface area contributed by atoms with Crippen LogP contribution < -0.4 is 5.56 Å². The van der Waals surface area contributed by atoms with Gasteiger partial charge in [0.25, 0.3) is 5.56 Å². The third-order valence-electron chi connectivity index (χ3n) is 4.47. The maximum atomic E-state index is 12.6. The van der Waals surface area contributed by atoms with E-state index in [9.17, 15) is 9.59 Å². The van der Waals surface area contributed by atoms with Crippen molar-refractivity contribution >= 4 is 5.91 Å². The first kappa shape index (κ1) is 14.9. The van der Waals surface area contributed by atoms with Crippen LogP contribution in [0.3, 0.4) is 0 Å². The number of ether oxygens (including phenoxy) is 1. The molecule has 1 N–H and O–H groups in total. The molecule has 0 radical (unpaired) electrons. The van der Waals surface area contributed by atoms with Gasteiger partial charge in [0.1, 0.15) is 5.69 Å². The van der Waals surface area contributed by atoms with E-state index in [-0.39, 0.29) is 17.4 Å². The van der Waals surface area contributed by atoms with Gasteiger partial charge in [-0.1, -0.05) is 0 Å². The van der Waals surface area contributed by atoms with Gasteiger partial charge in [-0.2, -0.15) is 0 Å². The Balaban J connectivity index is 1.63. The molecule has 0 aromatic carbocycles. The van der Waals surface area contributed by atoms with Gasteiger partial charge in [0.2, 0.25) is 5.91 Å². The molecule has 8 heteroatoms. The monoisotopic (exact) mass is 327 g/mol. The van der Waals surface area contributed by atoms with Crippen LogP contribution in [0.4, 0.5) is 0 Å². The quantitative estimate of drug-likeness (QED) is 0.842. The average molecular weight is 327 g/mol. The van der Waals surface area contributed by atoms with Crippen molar-refractivity contribution in [3.8, 4) is 11.5 Å². The van der Waals surface area contributed by atoms with Crippen molar-refractivity contribution in [1.29, 1.82) is 0 Å². The lowest BCUT2D eigenvalue weighted by Gasteiger charge is -2.29. The minimum absolute atomic E-state index is 0.0759. The molecule has 2 aromatic heterocycles. The van der Waals surface area contributed by atoms with Crippen LogP contribution >= 0.6 is 0 Å². The third kappa shape index (κ3) is 2.69. The number of nitrogens with zero attached hydrogens (tertiary/aromatic N) is 4. The highest BCUT2D eigenvalue weighted by Crippen LogP contribution is 2.21. The van der Waals surface area contributed by atoms with Gasteiger partial charge < -0.3 is 14.6 Å². The number of carbonyl (C=O) groups excluding carboxylic acids is 1. The van der Waals surface area contributed by atoms with E-state index < -0.39 is 0 Å². The summed E-state index contributed by atoms with van der Waals surface area (Å²) in [5, 5.41) is 0. The smallest absolute Gasteiger partial charge is 0.254 e. The predicted octanol–water partition coefficient (Wildman–Crippen LogP) is 0.148. The van der Waals surface area contributed by atoms with Crippen LogP contribution in [-0.2, 0) is 22.5 Å². The van der Waals surface area contributed by atoms with E-state index in [1.54, 1.807) is 23.5 Å². The van der Waals surface area contributed by atoms with Crippen molar-refractivity contribution < 1.29 is 9.53 Å². The lowest BCUT2D eigenvalue weighted by atomic mass is 10.0. The van der Waals surface area contributed by atoms with Gasteiger partial charge in [0.05, 0.1) is 31.0 Å². The summed E-state index contributed by atoms with van der Waals surface area (Å²) in [5.41, 5.74) is 1.62. The zero-order valence-corrected chi connectivity index (χ0v) is 13.1. The van der Waals surface area contributed by atoms with Crippen LogP contribution in [0, 0.1) is 5.92 Å². The van der Waals surface area contributed by atoms with Crippen LogP contribution in [0.1, 0.15) is 17.7 Å². The number of nitrogens with one attached hydrogen (secondary N) is 1. The minimum Gasteiger partial charge on any atom is -0.381 e. The number of aromatic nitrogens is 4. The van der Waals surface area contributed by atoms with Gasteiger partial charge >= 0.3 is 0 Å². The normalized spacial score (nSPS) is 20.0. The van der Waals surface area contributed by atoms with Crippen molar-refractivity contribution in [1.82, 2.24) is 24.8 Å². The molecule has 0 saturated carbocycles. The third-order valence-corrected chi connectivity index (χ3v) is 4.47. The van der Waals surface area contributed by atoms with Gasteiger partial charge in [0, 0.05) is 31.1 Å². The molecule has 4 rings (SSSR count). The van der Waals surface area contributed by atoms with Crippen molar-refractivity contribution in [3.05, 3.63) is 40.2 Å². The summed E-state index contributed by atoms with van der Waals surface area (Å²) in [5.74, 6) is 0.389. The molecule has 124 valence electrons. The standard InChI is InChI=1S/C16H17N5O3/c22-15-11-1-5-21(16(23)10-2-6-24-9-10)8-13(11)19-14(20-15)12-7-17-3-4-18-12/h3-4,7,10H,1-2,5-6,8-9H2,(H,19,20,22)/t10-/m0/s1. The molecule has 24 heavy (non-hydrogen) atoms. The van der Waals surface area contributed by atoms with E-state index >= 15 is 0 Å². The summed E-state index contributed by atoms with van der Waals surface area (Å²) in [4.78, 5) is 42.1. The van der Waals surface area contributed by atoms with Gasteiger partial charge in [-0.05, 0) is 12.8 Å². The molecular formula is C16H17N5O3. The van der Waals surface area contributed by atoms with Crippen molar-refractivity contribution in [3.63, 3.8) is 0 Å². The molecule has 1 atom stereocenters. The molecule has 1 amide bonds. The highest BCUT2D eigenvalue weighted by Gasteiger charge is 2.31. The molecule has 4 heterocycles. The predicted molar refractivity (Wildman–Crippen MR) is 83.9 cm³/mol. The summed E-state index contributed by atoms with van der Waals surface area (Å²) in [6, 6.07) is 0. The second-order valence-electron chi connectivity index (χ2n) is 6.00. The minimum atomic E-state index is -0.169. The van der Waals surface area contributed by atoms with Gasteiger partial charge in [-0.3, -0.25) is 14.6 Å². The second-order valence-corrected chi connectivity index (χ2v) is 6.00. The van der Waals surface area contributed by atoms with Crippen molar-refractivity contribution in [2.24, 2.45) is 5.92 Å². The summed E-state index contributed by atoms with van der Waals surface area (Å²) in [6.07, 6.45) is 5.93. The molecule has 1 fully saturated rings. The number of fused-ring (bicyclic) bond motifs is 1. The fraction of sp³-hybridized carbons (Fsp3) is 0.438. The Bertz CT molecular complexity index is 814. The summed E-state index contributed by atoms with van der Waals surface area (Å²) in [6.45, 7) is 2.00. The first-order valence-corrected chi connectivity index (χ1v) is 7.97. The zero-order chi connectivity index (χ0) is 16.5. The van der Waals surface area contributed by atoms with Crippen LogP contribution in [0.2, 0.25) is 0 Å². The summed E-state index contributed by atoms with van der Waals surface area (Å²) < 4.78 is 5.30. The number of aromatic amines is 1. The Labute approximate surface area is 137 Å². The number of carbonyl (C=O) groups is 1. The van der Waals surface area contributed by atoms with E-state index in [0.717, 1.165) is 6.42 Å². The fourth-order valence-electron chi connectivity index (χ4n) is 3.16. The van der Waals surface area contributed by atoms with Gasteiger partial charge in [0.15, 0.2) is 5.82 Å². The van der Waals surface area contributed by atoms with E-state index in [1.807, 2.05) is 0 Å². The second kappa shape index (κ2) is 6.12. The Hall–Kier alpha value is -2.61. The van der Waals surface area contributed by atoms with E-state index in [1.165, 1.54) is 0 Å². The summed E-state index contributed by atoms with van der Waals surface area (Å²) >= 11 is 0. The molecule has 2 aliphatic heterocycles. The first-order chi connectivity index (χ1) is 11.7. The van der Waals surface area contributed by atoms with Gasteiger partial charge in [-0.25, -0.2) is 9.97 Å². The summed E-state index contributed by atoms with van der Waals surface area (Å²) in [7, 11) is 0. The topological polar surface area (TPSA) is 101 Å². The Morgan fingerprint density at radius 3 is 3.04 bits per heavy atom. The number of hydrogen-bond donors (Lipinski definition) is 1. The van der Waals surface area contributed by atoms with Crippen molar-refractivity contribution in [2.45, 2.75) is 19.4 Å². The average Bonchev–Trinajstić information content (AvgIpc) is 3.16. The fourth-order valence-corrected chi connectivity index (χ4v) is 3.16. The van der Waals surface area contributed by atoms with Crippen LogP contribution in [0.5, 0.6) is 0 Å². The lowest BCUT2D eigenvalue weighted by Crippen LogP contribution is -2.42. The highest BCUT2D eigenvalue weighted by atomic mass is 16.5.